The van der Waals surface area contributed by atoms with Crippen molar-refractivity contribution in [2.75, 3.05) is 0 Å². The molecule has 0 unspecified atom stereocenters. The third-order valence-electron chi connectivity index (χ3n) is 8.03. The van der Waals surface area contributed by atoms with E-state index >= 15 is 0 Å². The van der Waals surface area contributed by atoms with Crippen molar-refractivity contribution >= 4 is 27.3 Å². The fraction of sp³-hybridized carbons (Fsp3) is 0.444. The molecule has 4 aromatic rings. The minimum absolute atomic E-state index is 0.0294. The number of benzene rings is 2. The zero-order valence-corrected chi connectivity index (χ0v) is 19.4. The van der Waals surface area contributed by atoms with Crippen molar-refractivity contribution in [3.05, 3.63) is 58.9 Å². The van der Waals surface area contributed by atoms with Gasteiger partial charge >= 0.3 is 0 Å². The number of hydrogen-bond acceptors (Lipinski definition) is 0. The van der Waals surface area contributed by atoms with Crippen molar-refractivity contribution in [2.45, 2.75) is 71.6 Å². The fourth-order valence-corrected chi connectivity index (χ4v) is 5.73. The Hall–Kier alpha value is -2.35. The van der Waals surface area contributed by atoms with Crippen LogP contribution in [0.15, 0.2) is 36.5 Å². The zero-order valence-electron chi connectivity index (χ0n) is 19.4. The number of nitrogens with zero attached hydrogens (tertiary/aromatic N) is 2. The van der Waals surface area contributed by atoms with Gasteiger partial charge in [0.05, 0.1) is 12.4 Å². The van der Waals surface area contributed by atoms with Gasteiger partial charge in [0.15, 0.2) is 5.69 Å². The number of pyridine rings is 1. The molecule has 5 rings (SSSR count). The molecular formula is C27H33N2+. The number of para-hydroxylation sites is 1. The standard InChI is InChI=1S/C27H33N2/c1-16-19(25(2,3)4)14-13-17-18-11-10-12-20-23(18)29-21(27(7,8)26(20,5)6)15-28(9)24(29)22(16)17/h10-15H,1-9H3/q+1. The molecule has 2 heteroatoms. The van der Waals surface area contributed by atoms with E-state index in [-0.39, 0.29) is 16.2 Å². The van der Waals surface area contributed by atoms with Crippen LogP contribution in [0.25, 0.3) is 27.3 Å². The molecule has 0 bridgehead atoms. The lowest BCUT2D eigenvalue weighted by Gasteiger charge is -2.43. The third-order valence-corrected chi connectivity index (χ3v) is 8.03. The van der Waals surface area contributed by atoms with Crippen LogP contribution in [0.5, 0.6) is 0 Å². The van der Waals surface area contributed by atoms with Crippen LogP contribution in [-0.4, -0.2) is 4.40 Å². The minimum atomic E-state index is 0.0294. The lowest BCUT2D eigenvalue weighted by molar-refractivity contribution is -0.643. The second kappa shape index (κ2) is 5.22. The molecule has 1 aliphatic rings. The topological polar surface area (TPSA) is 8.29 Å². The second-order valence-corrected chi connectivity index (χ2v) is 11.1. The Labute approximate surface area is 174 Å². The molecule has 0 radical (unpaired) electrons. The average molecular weight is 386 g/mol. The summed E-state index contributed by atoms with van der Waals surface area (Å²) in [6.07, 6.45) is 2.37. The summed E-state index contributed by atoms with van der Waals surface area (Å²) >= 11 is 0. The number of imidazole rings is 1. The molecule has 0 saturated heterocycles. The van der Waals surface area contributed by atoms with E-state index in [0.29, 0.717) is 0 Å². The highest BCUT2D eigenvalue weighted by molar-refractivity contribution is 6.14. The van der Waals surface area contributed by atoms with Crippen molar-refractivity contribution in [3.8, 4) is 0 Å². The first-order valence-corrected chi connectivity index (χ1v) is 10.8. The minimum Gasteiger partial charge on any atom is -0.232 e. The van der Waals surface area contributed by atoms with Gasteiger partial charge in [0, 0.05) is 27.2 Å². The number of aryl methyl sites for hydroxylation is 2. The normalized spacial score (nSPS) is 17.7. The summed E-state index contributed by atoms with van der Waals surface area (Å²) in [5, 5.41) is 4.14. The van der Waals surface area contributed by atoms with Crippen LogP contribution in [0.3, 0.4) is 0 Å². The van der Waals surface area contributed by atoms with E-state index in [1.165, 1.54) is 49.7 Å². The van der Waals surface area contributed by atoms with Crippen molar-refractivity contribution in [3.63, 3.8) is 0 Å². The monoisotopic (exact) mass is 385 g/mol. The SMILES string of the molecule is Cc1c(C(C)(C)C)ccc2c3cccc4c3n3c(c[n+](C)c3c12)C(C)(C)C4(C)C. The Balaban J connectivity index is 2.16. The van der Waals surface area contributed by atoms with Gasteiger partial charge in [-0.25, -0.2) is 4.57 Å². The van der Waals surface area contributed by atoms with E-state index in [2.05, 4.69) is 108 Å². The largest absolute Gasteiger partial charge is 0.295 e. The molecular weight excluding hydrogens is 352 g/mol. The highest BCUT2D eigenvalue weighted by Gasteiger charge is 2.50. The van der Waals surface area contributed by atoms with Gasteiger partial charge in [0.25, 0.3) is 5.65 Å². The van der Waals surface area contributed by atoms with Crippen LogP contribution < -0.4 is 4.57 Å². The van der Waals surface area contributed by atoms with Crippen LogP contribution in [0.2, 0.25) is 0 Å². The number of aromatic nitrogens is 2. The first kappa shape index (κ1) is 18.7. The summed E-state index contributed by atoms with van der Waals surface area (Å²) in [4.78, 5) is 0. The zero-order chi connectivity index (χ0) is 21.1. The highest BCUT2D eigenvalue weighted by atomic mass is 15.1. The van der Waals surface area contributed by atoms with Gasteiger partial charge in [0.2, 0.25) is 0 Å². The van der Waals surface area contributed by atoms with Gasteiger partial charge in [-0.1, -0.05) is 78.8 Å². The van der Waals surface area contributed by atoms with Gasteiger partial charge in [-0.15, -0.1) is 0 Å². The van der Waals surface area contributed by atoms with Gasteiger partial charge in [0.1, 0.15) is 11.7 Å². The summed E-state index contributed by atoms with van der Waals surface area (Å²) in [5.41, 5.74) is 8.61. The summed E-state index contributed by atoms with van der Waals surface area (Å²) in [6, 6.07) is 11.6. The highest BCUT2D eigenvalue weighted by Crippen LogP contribution is 2.51. The Kier molecular flexibility index (Phi) is 3.36. The Morgan fingerprint density at radius 3 is 2.24 bits per heavy atom. The molecule has 3 heterocycles. The van der Waals surface area contributed by atoms with Crippen molar-refractivity contribution < 1.29 is 4.57 Å². The van der Waals surface area contributed by atoms with Gasteiger partial charge < -0.3 is 0 Å². The van der Waals surface area contributed by atoms with Crippen LogP contribution in [0.4, 0.5) is 0 Å². The molecule has 0 spiro atoms. The molecule has 0 amide bonds. The van der Waals surface area contributed by atoms with Crippen molar-refractivity contribution in [2.24, 2.45) is 7.05 Å². The second-order valence-electron chi connectivity index (χ2n) is 11.1. The first-order valence-electron chi connectivity index (χ1n) is 10.8. The molecule has 1 aliphatic heterocycles. The van der Waals surface area contributed by atoms with E-state index in [1.807, 2.05) is 0 Å². The maximum absolute atomic E-state index is 2.57. The molecule has 0 aliphatic carbocycles. The Morgan fingerprint density at radius 1 is 0.897 bits per heavy atom. The smallest absolute Gasteiger partial charge is 0.232 e. The Morgan fingerprint density at radius 2 is 1.59 bits per heavy atom. The number of hydrogen-bond donors (Lipinski definition) is 0. The third kappa shape index (κ3) is 2.05. The van der Waals surface area contributed by atoms with Crippen LogP contribution in [-0.2, 0) is 23.3 Å². The Bertz CT molecular complexity index is 1340. The predicted molar refractivity (Wildman–Crippen MR) is 123 cm³/mol. The van der Waals surface area contributed by atoms with Gasteiger partial charge in [-0.05, 0) is 23.5 Å². The van der Waals surface area contributed by atoms with Crippen LogP contribution >= 0.6 is 0 Å². The summed E-state index contributed by atoms with van der Waals surface area (Å²) < 4.78 is 4.92. The lowest BCUT2D eigenvalue weighted by atomic mass is 9.61. The van der Waals surface area contributed by atoms with E-state index in [9.17, 15) is 0 Å². The maximum atomic E-state index is 2.57. The van der Waals surface area contributed by atoms with E-state index in [0.717, 1.165) is 0 Å². The van der Waals surface area contributed by atoms with Crippen molar-refractivity contribution in [1.29, 1.82) is 0 Å². The van der Waals surface area contributed by atoms with E-state index < -0.39 is 0 Å². The first-order chi connectivity index (χ1) is 13.4. The molecule has 0 fully saturated rings. The van der Waals surface area contributed by atoms with E-state index in [1.54, 1.807) is 0 Å². The van der Waals surface area contributed by atoms with Gasteiger partial charge in [-0.2, -0.15) is 4.40 Å². The average Bonchev–Trinajstić information content (AvgIpc) is 2.97. The molecule has 2 nitrogen and oxygen atoms in total. The quantitative estimate of drug-likeness (QED) is 0.250. The molecule has 2 aromatic carbocycles. The van der Waals surface area contributed by atoms with Crippen molar-refractivity contribution in [1.82, 2.24) is 4.40 Å². The molecule has 0 N–H and O–H groups in total. The molecule has 0 saturated carbocycles. The molecule has 150 valence electrons. The predicted octanol–water partition coefficient (Wildman–Crippen LogP) is 6.24. The van der Waals surface area contributed by atoms with E-state index in [4.69, 9.17) is 0 Å². The van der Waals surface area contributed by atoms with Crippen LogP contribution in [0, 0.1) is 6.92 Å². The molecule has 0 atom stereocenters. The number of fused-ring (bicyclic) bond motifs is 3. The summed E-state index contributed by atoms with van der Waals surface area (Å²) in [6.45, 7) is 18.9. The number of rotatable bonds is 0. The molecule has 29 heavy (non-hydrogen) atoms. The fourth-order valence-electron chi connectivity index (χ4n) is 5.73. The molecule has 2 aromatic heterocycles. The summed E-state index contributed by atoms with van der Waals surface area (Å²) in [7, 11) is 2.21. The summed E-state index contributed by atoms with van der Waals surface area (Å²) in [5.74, 6) is 0. The van der Waals surface area contributed by atoms with Crippen LogP contribution in [0.1, 0.15) is 70.9 Å². The van der Waals surface area contributed by atoms with Gasteiger partial charge in [-0.3, -0.25) is 0 Å². The maximum Gasteiger partial charge on any atom is 0.295 e. The lowest BCUT2D eigenvalue weighted by Crippen LogP contribution is -2.44.